The number of rotatable bonds is 9. The molecule has 5 rings (SSSR count). The normalized spacial score (nSPS) is 14.8. The van der Waals surface area contributed by atoms with Crippen molar-refractivity contribution in [3.63, 3.8) is 0 Å². The van der Waals surface area contributed by atoms with E-state index in [1.807, 2.05) is 40.9 Å². The third kappa shape index (κ3) is 5.86. The zero-order chi connectivity index (χ0) is 26.5. The van der Waals surface area contributed by atoms with Crippen molar-refractivity contribution >= 4 is 35.1 Å². The average molecular weight is 529 g/mol. The van der Waals surface area contributed by atoms with Crippen molar-refractivity contribution in [2.75, 3.05) is 11.6 Å². The minimum Gasteiger partial charge on any atom is -0.480 e. The van der Waals surface area contributed by atoms with Crippen LogP contribution in [-0.4, -0.2) is 44.7 Å². The van der Waals surface area contributed by atoms with Crippen LogP contribution in [0.4, 0.5) is 5.82 Å². The number of carboxylic acid groups (broad SMARTS) is 1. The second-order valence-corrected chi connectivity index (χ2v) is 10.6. The number of nitrogens with one attached hydrogen (secondary N) is 2. The number of anilines is 1. The first-order valence-electron chi connectivity index (χ1n) is 13.0. The van der Waals surface area contributed by atoms with Crippen LogP contribution in [0.15, 0.2) is 77.8 Å². The van der Waals surface area contributed by atoms with Crippen LogP contribution in [0.5, 0.6) is 0 Å². The Labute approximate surface area is 226 Å². The fourth-order valence-electron chi connectivity index (χ4n) is 5.01. The van der Waals surface area contributed by atoms with E-state index in [0.717, 1.165) is 35.5 Å². The van der Waals surface area contributed by atoms with E-state index in [1.165, 1.54) is 24.2 Å². The number of pyridine rings is 1. The molecule has 1 unspecified atom stereocenters. The van der Waals surface area contributed by atoms with Crippen LogP contribution >= 0.6 is 11.8 Å². The second kappa shape index (κ2) is 11.7. The van der Waals surface area contributed by atoms with E-state index in [-0.39, 0.29) is 6.42 Å². The van der Waals surface area contributed by atoms with Gasteiger partial charge in [-0.05, 0) is 48.9 Å². The first-order chi connectivity index (χ1) is 18.5. The minimum atomic E-state index is -1.07. The van der Waals surface area contributed by atoms with Crippen LogP contribution in [0.25, 0.3) is 16.9 Å². The number of aromatic nitrogens is 2. The van der Waals surface area contributed by atoms with E-state index >= 15 is 0 Å². The molecule has 0 radical (unpaired) electrons. The Bertz CT molecular complexity index is 1410. The second-order valence-electron chi connectivity index (χ2n) is 9.71. The Morgan fingerprint density at radius 2 is 1.79 bits per heavy atom. The summed E-state index contributed by atoms with van der Waals surface area (Å²) in [4.78, 5) is 31.1. The molecule has 38 heavy (non-hydrogen) atoms. The summed E-state index contributed by atoms with van der Waals surface area (Å²) < 4.78 is 1.99. The Balaban J connectivity index is 1.45. The number of carboxylic acids is 1. The molecule has 1 aliphatic carbocycles. The smallest absolute Gasteiger partial charge is 0.326 e. The van der Waals surface area contributed by atoms with Crippen LogP contribution in [0.1, 0.15) is 48.0 Å². The van der Waals surface area contributed by atoms with E-state index in [2.05, 4.69) is 41.2 Å². The van der Waals surface area contributed by atoms with Crippen molar-refractivity contribution in [3.05, 3.63) is 84.1 Å². The van der Waals surface area contributed by atoms with E-state index in [4.69, 9.17) is 4.98 Å². The maximum atomic E-state index is 13.1. The van der Waals surface area contributed by atoms with Crippen LogP contribution in [-0.2, 0) is 11.2 Å². The third-order valence-electron chi connectivity index (χ3n) is 7.08. The molecule has 1 aliphatic rings. The van der Waals surface area contributed by atoms with Gasteiger partial charge in [0.15, 0.2) is 0 Å². The van der Waals surface area contributed by atoms with Crippen molar-refractivity contribution < 1.29 is 14.7 Å². The topological polar surface area (TPSA) is 95.7 Å². The van der Waals surface area contributed by atoms with Gasteiger partial charge in [-0.2, -0.15) is 0 Å². The molecule has 7 nitrogen and oxygen atoms in total. The Morgan fingerprint density at radius 1 is 1.05 bits per heavy atom. The molecule has 2 heterocycles. The maximum Gasteiger partial charge on any atom is 0.326 e. The predicted molar refractivity (Wildman–Crippen MR) is 152 cm³/mol. The molecule has 0 saturated heterocycles. The van der Waals surface area contributed by atoms with E-state index < -0.39 is 17.9 Å². The molecule has 4 aromatic rings. The molecule has 1 fully saturated rings. The number of aliphatic carboxylic acids is 1. The Morgan fingerprint density at radius 3 is 2.47 bits per heavy atom. The summed E-state index contributed by atoms with van der Waals surface area (Å²) in [6.45, 7) is 0. The number of amides is 1. The largest absolute Gasteiger partial charge is 0.480 e. The quantitative estimate of drug-likeness (QED) is 0.234. The lowest BCUT2D eigenvalue weighted by Gasteiger charge is -2.24. The molecule has 2 aromatic heterocycles. The van der Waals surface area contributed by atoms with Gasteiger partial charge in [-0.3, -0.25) is 9.20 Å². The molecule has 8 heteroatoms. The first-order valence-corrected chi connectivity index (χ1v) is 14.2. The molecule has 3 N–H and O–H groups in total. The first kappa shape index (κ1) is 25.9. The van der Waals surface area contributed by atoms with Gasteiger partial charge in [-0.25, -0.2) is 9.78 Å². The SMILES string of the molecule is CSc1ccc(-c2nc3cc(C(=O)NC(Cc4ccccc4)C(=O)O)ccn3c2NC2CCCCC2)cc1. The monoisotopic (exact) mass is 528 g/mol. The zero-order valence-corrected chi connectivity index (χ0v) is 22.2. The molecule has 1 atom stereocenters. The summed E-state index contributed by atoms with van der Waals surface area (Å²) in [5, 5.41) is 16.1. The molecular weight excluding hydrogens is 496 g/mol. The summed E-state index contributed by atoms with van der Waals surface area (Å²) in [6, 6.07) is 20.4. The molecule has 1 saturated carbocycles. The van der Waals surface area contributed by atoms with Crippen molar-refractivity contribution in [3.8, 4) is 11.3 Å². The molecule has 2 aromatic carbocycles. The van der Waals surface area contributed by atoms with Gasteiger partial charge in [-0.1, -0.05) is 61.7 Å². The van der Waals surface area contributed by atoms with Gasteiger partial charge >= 0.3 is 5.97 Å². The van der Waals surface area contributed by atoms with E-state index in [9.17, 15) is 14.7 Å². The minimum absolute atomic E-state index is 0.208. The molecule has 1 amide bonds. The highest BCUT2D eigenvalue weighted by Crippen LogP contribution is 2.32. The summed E-state index contributed by atoms with van der Waals surface area (Å²) in [5.41, 5.74) is 3.70. The molecular formula is C30H32N4O3S. The summed E-state index contributed by atoms with van der Waals surface area (Å²) >= 11 is 1.70. The van der Waals surface area contributed by atoms with Crippen molar-refractivity contribution in [1.29, 1.82) is 0 Å². The van der Waals surface area contributed by atoms with Gasteiger partial charge < -0.3 is 15.7 Å². The van der Waals surface area contributed by atoms with Crippen LogP contribution in [0, 0.1) is 0 Å². The summed E-state index contributed by atoms with van der Waals surface area (Å²) in [5.74, 6) is -0.589. The number of benzene rings is 2. The number of carbonyl (C=O) groups is 2. The van der Waals surface area contributed by atoms with Crippen molar-refractivity contribution in [2.45, 2.75) is 55.5 Å². The molecule has 0 spiro atoms. The zero-order valence-electron chi connectivity index (χ0n) is 21.4. The van der Waals surface area contributed by atoms with Crippen molar-refractivity contribution in [2.24, 2.45) is 0 Å². The lowest BCUT2D eigenvalue weighted by molar-refractivity contribution is -0.139. The lowest BCUT2D eigenvalue weighted by Crippen LogP contribution is -2.42. The number of fused-ring (bicyclic) bond motifs is 1. The Kier molecular flexibility index (Phi) is 7.98. The van der Waals surface area contributed by atoms with Crippen LogP contribution < -0.4 is 10.6 Å². The highest BCUT2D eigenvalue weighted by atomic mass is 32.2. The molecule has 196 valence electrons. The predicted octanol–water partition coefficient (Wildman–Crippen LogP) is 5.89. The lowest BCUT2D eigenvalue weighted by atomic mass is 9.95. The summed E-state index contributed by atoms with van der Waals surface area (Å²) in [6.07, 6.45) is 10.0. The maximum absolute atomic E-state index is 13.1. The fourth-order valence-corrected chi connectivity index (χ4v) is 5.41. The number of nitrogens with zero attached hydrogens (tertiary/aromatic N) is 2. The van der Waals surface area contributed by atoms with Crippen molar-refractivity contribution in [1.82, 2.24) is 14.7 Å². The van der Waals surface area contributed by atoms with Gasteiger partial charge in [0.2, 0.25) is 0 Å². The van der Waals surface area contributed by atoms with Crippen LogP contribution in [0.2, 0.25) is 0 Å². The summed E-state index contributed by atoms with van der Waals surface area (Å²) in [7, 11) is 0. The highest BCUT2D eigenvalue weighted by Gasteiger charge is 2.23. The van der Waals surface area contributed by atoms with E-state index in [1.54, 1.807) is 23.9 Å². The number of carbonyl (C=O) groups excluding carboxylic acids is 1. The van der Waals surface area contributed by atoms with E-state index in [0.29, 0.717) is 17.3 Å². The Hall–Kier alpha value is -3.78. The van der Waals surface area contributed by atoms with Gasteiger partial charge in [-0.15, -0.1) is 11.8 Å². The van der Waals surface area contributed by atoms with Gasteiger partial charge in [0, 0.05) is 34.7 Å². The average Bonchev–Trinajstić information content (AvgIpc) is 3.31. The molecule has 0 bridgehead atoms. The fraction of sp³-hybridized carbons (Fsp3) is 0.300. The standard InChI is InChI=1S/C30H32N4O3S/c1-38-24-14-12-21(13-15-24)27-28(31-23-10-6-3-7-11-23)34-17-16-22(19-26(34)33-27)29(35)32-25(30(36)37)18-20-8-4-2-5-9-20/h2,4-5,8-9,12-17,19,23,25,31H,3,6-7,10-11,18H2,1H3,(H,32,35)(H,36,37). The van der Waals surface area contributed by atoms with Gasteiger partial charge in [0.25, 0.3) is 5.91 Å². The number of imidazole rings is 1. The van der Waals surface area contributed by atoms with Crippen LogP contribution in [0.3, 0.4) is 0 Å². The van der Waals surface area contributed by atoms with Gasteiger partial charge in [0.05, 0.1) is 0 Å². The third-order valence-corrected chi connectivity index (χ3v) is 7.83. The number of hydrogen-bond acceptors (Lipinski definition) is 5. The molecule has 0 aliphatic heterocycles. The highest BCUT2D eigenvalue weighted by molar-refractivity contribution is 7.98. The number of hydrogen-bond donors (Lipinski definition) is 3. The van der Waals surface area contributed by atoms with Gasteiger partial charge in [0.1, 0.15) is 23.2 Å². The number of thioether (sulfide) groups is 1.